The van der Waals surface area contributed by atoms with E-state index in [2.05, 4.69) is 10.6 Å². The number of amides is 2. The normalized spacial score (nSPS) is 11.7. The first kappa shape index (κ1) is 24.5. The third-order valence-corrected chi connectivity index (χ3v) is 5.62. The van der Waals surface area contributed by atoms with Crippen molar-refractivity contribution in [1.29, 1.82) is 0 Å². The van der Waals surface area contributed by atoms with Gasteiger partial charge in [-0.15, -0.1) is 0 Å². The summed E-state index contributed by atoms with van der Waals surface area (Å²) in [4.78, 5) is 25.4. The molecule has 0 aromatic heterocycles. The first-order chi connectivity index (χ1) is 14.8. The van der Waals surface area contributed by atoms with E-state index in [9.17, 15) is 14.0 Å². The molecule has 0 heterocycles. The minimum atomic E-state index is -0.693. The molecule has 2 aromatic carbocycles. The zero-order valence-corrected chi connectivity index (χ0v) is 19.1. The van der Waals surface area contributed by atoms with Gasteiger partial charge in [0, 0.05) is 29.7 Å². The van der Waals surface area contributed by atoms with Crippen molar-refractivity contribution >= 4 is 23.6 Å². The Morgan fingerprint density at radius 3 is 2.29 bits per heavy atom. The predicted molar refractivity (Wildman–Crippen MR) is 121 cm³/mol. The molecule has 0 saturated heterocycles. The van der Waals surface area contributed by atoms with Gasteiger partial charge in [0.1, 0.15) is 23.4 Å². The monoisotopic (exact) mass is 448 g/mol. The molecule has 2 N–H and O–H groups in total. The molecule has 31 heavy (non-hydrogen) atoms. The minimum absolute atomic E-state index is 0.109. The van der Waals surface area contributed by atoms with Crippen LogP contribution < -0.4 is 20.1 Å². The molecule has 2 amide bonds. The minimum Gasteiger partial charge on any atom is -0.497 e. The van der Waals surface area contributed by atoms with Crippen LogP contribution in [0.5, 0.6) is 11.5 Å². The SMILES string of the molecule is COc1cc(OC)cc(C(=O)N[C@H](C(=O)NCCSCc2ccccc2F)C(C)C)c1. The van der Waals surface area contributed by atoms with Crippen molar-refractivity contribution in [3.8, 4) is 11.5 Å². The smallest absolute Gasteiger partial charge is 0.252 e. The molecule has 6 nitrogen and oxygen atoms in total. The molecule has 1 atom stereocenters. The van der Waals surface area contributed by atoms with Gasteiger partial charge < -0.3 is 20.1 Å². The van der Waals surface area contributed by atoms with Gasteiger partial charge in [-0.1, -0.05) is 32.0 Å². The van der Waals surface area contributed by atoms with Gasteiger partial charge in [0.05, 0.1) is 14.2 Å². The second-order valence-electron chi connectivity index (χ2n) is 7.23. The van der Waals surface area contributed by atoms with Crippen LogP contribution in [-0.2, 0) is 10.5 Å². The van der Waals surface area contributed by atoms with E-state index >= 15 is 0 Å². The molecule has 0 aliphatic rings. The van der Waals surface area contributed by atoms with E-state index in [4.69, 9.17) is 9.47 Å². The van der Waals surface area contributed by atoms with Gasteiger partial charge >= 0.3 is 0 Å². The lowest BCUT2D eigenvalue weighted by Crippen LogP contribution is -2.50. The largest absolute Gasteiger partial charge is 0.497 e. The maximum absolute atomic E-state index is 13.6. The molecule has 2 rings (SSSR count). The molecule has 0 unspecified atom stereocenters. The average molecular weight is 449 g/mol. The molecule has 0 fully saturated rings. The summed E-state index contributed by atoms with van der Waals surface area (Å²) in [5, 5.41) is 5.64. The summed E-state index contributed by atoms with van der Waals surface area (Å²) < 4.78 is 24.0. The first-order valence-electron chi connectivity index (χ1n) is 9.98. The van der Waals surface area contributed by atoms with Crippen molar-refractivity contribution in [3.05, 3.63) is 59.4 Å². The molecule has 0 aliphatic heterocycles. The highest BCUT2D eigenvalue weighted by atomic mass is 32.2. The maximum Gasteiger partial charge on any atom is 0.252 e. The van der Waals surface area contributed by atoms with Gasteiger partial charge in [0.25, 0.3) is 5.91 Å². The van der Waals surface area contributed by atoms with Crippen molar-refractivity contribution in [2.45, 2.75) is 25.6 Å². The van der Waals surface area contributed by atoms with Crippen LogP contribution in [0.3, 0.4) is 0 Å². The highest BCUT2D eigenvalue weighted by Gasteiger charge is 2.25. The molecule has 0 saturated carbocycles. The molecule has 0 radical (unpaired) electrons. The van der Waals surface area contributed by atoms with Crippen molar-refractivity contribution in [3.63, 3.8) is 0 Å². The van der Waals surface area contributed by atoms with Crippen molar-refractivity contribution in [1.82, 2.24) is 10.6 Å². The van der Waals surface area contributed by atoms with Crippen molar-refractivity contribution in [2.75, 3.05) is 26.5 Å². The Morgan fingerprint density at radius 2 is 1.71 bits per heavy atom. The molecule has 8 heteroatoms. The summed E-state index contributed by atoms with van der Waals surface area (Å²) in [5.74, 6) is 1.16. The number of carbonyl (C=O) groups excluding carboxylic acids is 2. The fourth-order valence-corrected chi connectivity index (χ4v) is 3.70. The van der Waals surface area contributed by atoms with E-state index in [1.807, 2.05) is 13.8 Å². The zero-order chi connectivity index (χ0) is 22.8. The summed E-state index contributed by atoms with van der Waals surface area (Å²) in [6.45, 7) is 4.15. The van der Waals surface area contributed by atoms with E-state index in [0.29, 0.717) is 40.7 Å². The Bertz CT molecular complexity index is 869. The third kappa shape index (κ3) is 7.47. The molecule has 0 bridgehead atoms. The van der Waals surface area contributed by atoms with E-state index in [0.717, 1.165) is 0 Å². The van der Waals surface area contributed by atoms with Crippen LogP contribution in [0.15, 0.2) is 42.5 Å². The van der Waals surface area contributed by atoms with Crippen LogP contribution >= 0.6 is 11.8 Å². The van der Waals surface area contributed by atoms with Crippen LogP contribution in [0.4, 0.5) is 4.39 Å². The Hall–Kier alpha value is -2.74. The van der Waals surface area contributed by atoms with Crippen molar-refractivity contribution < 1.29 is 23.5 Å². The predicted octanol–water partition coefficient (Wildman–Crippen LogP) is 3.65. The van der Waals surface area contributed by atoms with Gasteiger partial charge in [0.2, 0.25) is 5.91 Å². The quantitative estimate of drug-likeness (QED) is 0.513. The molecular weight excluding hydrogens is 419 g/mol. The molecular formula is C23H29FN2O4S. The van der Waals surface area contributed by atoms with Gasteiger partial charge in [-0.2, -0.15) is 11.8 Å². The zero-order valence-electron chi connectivity index (χ0n) is 18.2. The van der Waals surface area contributed by atoms with E-state index in [1.54, 1.807) is 36.4 Å². The summed E-state index contributed by atoms with van der Waals surface area (Å²) in [6, 6.07) is 10.8. The standard InChI is InChI=1S/C23H29FN2O4S/c1-15(2)21(26-22(27)17-11-18(29-3)13-19(12-17)30-4)23(28)25-9-10-31-14-16-7-5-6-8-20(16)24/h5-8,11-13,15,21H,9-10,14H2,1-4H3,(H,25,28)(H,26,27)/t21-/m0/s1. The lowest BCUT2D eigenvalue weighted by Gasteiger charge is -2.22. The Balaban J connectivity index is 1.89. The number of rotatable bonds is 11. The number of thioether (sulfide) groups is 1. The summed E-state index contributed by atoms with van der Waals surface area (Å²) in [6.07, 6.45) is 0. The molecule has 0 spiro atoms. The van der Waals surface area contributed by atoms with Crippen molar-refractivity contribution in [2.24, 2.45) is 5.92 Å². The molecule has 0 aliphatic carbocycles. The van der Waals surface area contributed by atoms with Gasteiger partial charge in [-0.25, -0.2) is 4.39 Å². The number of ether oxygens (including phenoxy) is 2. The van der Waals surface area contributed by atoms with Crippen LogP contribution in [0.1, 0.15) is 29.8 Å². The fourth-order valence-electron chi connectivity index (χ4n) is 2.85. The van der Waals surface area contributed by atoms with E-state index in [-0.39, 0.29) is 23.5 Å². The van der Waals surface area contributed by atoms with Crippen LogP contribution in [0, 0.1) is 11.7 Å². The summed E-state index contributed by atoms with van der Waals surface area (Å²) in [5.41, 5.74) is 0.981. The first-order valence-corrected chi connectivity index (χ1v) is 11.1. The van der Waals surface area contributed by atoms with Gasteiger partial charge in [-0.05, 0) is 29.7 Å². The second-order valence-corrected chi connectivity index (χ2v) is 8.34. The highest BCUT2D eigenvalue weighted by molar-refractivity contribution is 7.98. The number of hydrogen-bond donors (Lipinski definition) is 2. The van der Waals surface area contributed by atoms with Crippen LogP contribution in [0.2, 0.25) is 0 Å². The molecule has 2 aromatic rings. The second kappa shape index (κ2) is 12.2. The number of nitrogens with one attached hydrogen (secondary N) is 2. The van der Waals surface area contributed by atoms with Crippen LogP contribution in [-0.4, -0.2) is 44.4 Å². The summed E-state index contributed by atoms with van der Waals surface area (Å²) in [7, 11) is 3.01. The molecule has 168 valence electrons. The Morgan fingerprint density at radius 1 is 1.06 bits per heavy atom. The van der Waals surface area contributed by atoms with E-state index in [1.165, 1.54) is 32.0 Å². The Kier molecular flexibility index (Phi) is 9.65. The third-order valence-electron chi connectivity index (χ3n) is 4.61. The Labute approximate surface area is 186 Å². The number of benzene rings is 2. The van der Waals surface area contributed by atoms with Crippen LogP contribution in [0.25, 0.3) is 0 Å². The van der Waals surface area contributed by atoms with Gasteiger partial charge in [-0.3, -0.25) is 9.59 Å². The number of halogens is 1. The summed E-state index contributed by atoms with van der Waals surface area (Å²) >= 11 is 1.53. The number of methoxy groups -OCH3 is 2. The lowest BCUT2D eigenvalue weighted by molar-refractivity contribution is -0.123. The fraction of sp³-hybridized carbons (Fsp3) is 0.391. The lowest BCUT2D eigenvalue weighted by atomic mass is 10.0. The van der Waals surface area contributed by atoms with Gasteiger partial charge in [0.15, 0.2) is 0 Å². The topological polar surface area (TPSA) is 76.7 Å². The number of carbonyl (C=O) groups is 2. The average Bonchev–Trinajstić information content (AvgIpc) is 2.77. The number of hydrogen-bond acceptors (Lipinski definition) is 5. The highest BCUT2D eigenvalue weighted by Crippen LogP contribution is 2.22. The van der Waals surface area contributed by atoms with E-state index < -0.39 is 6.04 Å². The maximum atomic E-state index is 13.6.